The molecule has 0 aliphatic rings. The van der Waals surface area contributed by atoms with E-state index in [0.29, 0.717) is 0 Å². The lowest BCUT2D eigenvalue weighted by molar-refractivity contribution is -0.333. The summed E-state index contributed by atoms with van der Waals surface area (Å²) in [7, 11) is -13.2. The van der Waals surface area contributed by atoms with E-state index >= 15 is 0 Å². The van der Waals surface area contributed by atoms with Crippen LogP contribution in [0.15, 0.2) is 0 Å². The number of carbonyl (C=O) groups is 1. The van der Waals surface area contributed by atoms with Crippen LogP contribution in [-0.4, -0.2) is 17.1 Å². The van der Waals surface area contributed by atoms with Gasteiger partial charge in [-0.15, -0.1) is 0 Å². The molecule has 7 nitrogen and oxygen atoms in total. The number of hydrogen-bond acceptors (Lipinski definition) is 7. The number of ketones is 1. The molecule has 108 valence electrons. The standard InChI is InChI=1S/C5H8F4O7P2/c6-4(7,17(11,12)13)2-1-3(10)5(8,9)18(14,15)16/h1-2H2,(H2,11,12,13)(H2,14,15,16)/p-4. The van der Waals surface area contributed by atoms with Crippen LogP contribution in [0, 0.1) is 0 Å². The zero-order valence-corrected chi connectivity index (χ0v) is 9.97. The summed E-state index contributed by atoms with van der Waals surface area (Å²) >= 11 is 0. The molecule has 0 bridgehead atoms. The second kappa shape index (κ2) is 4.99. The fourth-order valence-corrected chi connectivity index (χ4v) is 1.51. The molecule has 0 unspecified atom stereocenters. The molecule has 13 heteroatoms. The van der Waals surface area contributed by atoms with Crippen molar-refractivity contribution in [3.63, 3.8) is 0 Å². The average molecular weight is 314 g/mol. The molecular weight excluding hydrogens is 310 g/mol. The van der Waals surface area contributed by atoms with Crippen LogP contribution >= 0.6 is 15.2 Å². The summed E-state index contributed by atoms with van der Waals surface area (Å²) < 4.78 is 69.8. The van der Waals surface area contributed by atoms with Crippen LogP contribution in [0.25, 0.3) is 0 Å². The largest absolute Gasteiger partial charge is 0.807 e. The summed E-state index contributed by atoms with van der Waals surface area (Å²) in [6.07, 6.45) is -4.09. The van der Waals surface area contributed by atoms with Crippen LogP contribution in [0.3, 0.4) is 0 Å². The van der Waals surface area contributed by atoms with Gasteiger partial charge in [-0.1, -0.05) is 0 Å². The van der Waals surface area contributed by atoms with E-state index in [-0.39, 0.29) is 0 Å². The number of carbonyl (C=O) groups excluding carboxylic acids is 1. The predicted molar refractivity (Wildman–Crippen MR) is 39.3 cm³/mol. The molecule has 0 aromatic rings. The molecule has 0 fully saturated rings. The maximum Gasteiger partial charge on any atom is 0.328 e. The molecule has 0 saturated carbocycles. The predicted octanol–water partition coefficient (Wildman–Crippen LogP) is -1.65. The quantitative estimate of drug-likeness (QED) is 0.422. The smallest absolute Gasteiger partial charge is 0.328 e. The maximum absolute atomic E-state index is 12.5. The van der Waals surface area contributed by atoms with Gasteiger partial charge in [0.15, 0.2) is 0 Å². The molecule has 18 heavy (non-hydrogen) atoms. The van der Waals surface area contributed by atoms with Crippen molar-refractivity contribution < 1.29 is 51.1 Å². The van der Waals surface area contributed by atoms with Gasteiger partial charge in [0.2, 0.25) is 5.78 Å². The van der Waals surface area contributed by atoms with E-state index in [1.807, 2.05) is 0 Å². The molecule has 0 heterocycles. The van der Waals surface area contributed by atoms with Crippen LogP contribution in [0.1, 0.15) is 12.8 Å². The SMILES string of the molecule is O=C(CCC(F)(F)P(=O)([O-])[O-])C(F)(F)P(=O)([O-])[O-]. The van der Waals surface area contributed by atoms with Crippen molar-refractivity contribution in [1.29, 1.82) is 0 Å². The fourth-order valence-electron chi connectivity index (χ4n) is 0.704. The Bertz CT molecular complexity index is 424. The molecule has 0 amide bonds. The Morgan fingerprint density at radius 1 is 0.944 bits per heavy atom. The molecule has 0 radical (unpaired) electrons. The van der Waals surface area contributed by atoms with E-state index in [1.54, 1.807) is 0 Å². The number of Topliss-reactive ketones (excluding diaryl/α,β-unsaturated/α-hetero) is 1. The van der Waals surface area contributed by atoms with Gasteiger partial charge in [0, 0.05) is 28.0 Å². The summed E-state index contributed by atoms with van der Waals surface area (Å²) in [5.74, 6) is -2.70. The zero-order valence-electron chi connectivity index (χ0n) is 8.18. The third-order valence-electron chi connectivity index (χ3n) is 1.73. The number of alkyl halides is 4. The van der Waals surface area contributed by atoms with Gasteiger partial charge >= 0.3 is 5.66 Å². The molecule has 0 N–H and O–H groups in total. The Kier molecular flexibility index (Phi) is 4.91. The highest BCUT2D eigenvalue weighted by atomic mass is 31.2. The first kappa shape index (κ1) is 17.7. The minimum Gasteiger partial charge on any atom is -0.807 e. The highest BCUT2D eigenvalue weighted by Gasteiger charge is 2.44. The van der Waals surface area contributed by atoms with Crippen LogP contribution in [0.4, 0.5) is 17.6 Å². The molecule has 0 atom stereocenters. The van der Waals surface area contributed by atoms with Gasteiger partial charge in [-0.3, -0.25) is 4.79 Å². The van der Waals surface area contributed by atoms with E-state index in [9.17, 15) is 51.1 Å². The summed E-state index contributed by atoms with van der Waals surface area (Å²) in [5.41, 5.74) is -10.4. The van der Waals surface area contributed by atoms with Gasteiger partial charge in [0.25, 0.3) is 5.66 Å². The Balaban J connectivity index is 4.84. The molecule has 0 aliphatic carbocycles. The molecule has 0 saturated heterocycles. The fraction of sp³-hybridized carbons (Fsp3) is 0.800. The number of hydrogen-bond donors (Lipinski definition) is 0. The van der Waals surface area contributed by atoms with Gasteiger partial charge in [0.05, 0.1) is 0 Å². The molecule has 0 aromatic carbocycles. The summed E-state index contributed by atoms with van der Waals surface area (Å²) in [4.78, 5) is 50.4. The monoisotopic (exact) mass is 314 g/mol. The average Bonchev–Trinajstić information content (AvgIpc) is 2.10. The van der Waals surface area contributed by atoms with Crippen molar-refractivity contribution in [2.75, 3.05) is 0 Å². The third-order valence-corrected chi connectivity index (χ3v) is 3.70. The Labute approximate surface area is 97.1 Å². The maximum atomic E-state index is 12.5. The normalized spacial score (nSPS) is 14.7. The molecular formula is C5H4F4O7P2-4. The summed E-state index contributed by atoms with van der Waals surface area (Å²) in [6.45, 7) is 0. The van der Waals surface area contributed by atoms with Crippen LogP contribution in [0.5, 0.6) is 0 Å². The van der Waals surface area contributed by atoms with E-state index in [1.165, 1.54) is 0 Å². The van der Waals surface area contributed by atoms with E-state index < -0.39 is 45.1 Å². The minimum absolute atomic E-state index is 1.96. The highest BCUT2D eigenvalue weighted by Crippen LogP contribution is 2.51. The lowest BCUT2D eigenvalue weighted by atomic mass is 10.2. The molecule has 0 spiro atoms. The molecule has 0 aromatic heterocycles. The number of halogens is 4. The van der Waals surface area contributed by atoms with E-state index in [2.05, 4.69) is 0 Å². The van der Waals surface area contributed by atoms with Crippen molar-refractivity contribution in [3.8, 4) is 0 Å². The van der Waals surface area contributed by atoms with Crippen molar-refractivity contribution in [1.82, 2.24) is 0 Å². The van der Waals surface area contributed by atoms with E-state index in [4.69, 9.17) is 0 Å². The van der Waals surface area contributed by atoms with E-state index in [0.717, 1.165) is 0 Å². The Morgan fingerprint density at radius 3 is 1.61 bits per heavy atom. The van der Waals surface area contributed by atoms with Gasteiger partial charge in [-0.25, -0.2) is 8.78 Å². The van der Waals surface area contributed by atoms with Crippen molar-refractivity contribution in [3.05, 3.63) is 0 Å². The van der Waals surface area contributed by atoms with Gasteiger partial charge in [0.1, 0.15) is 0 Å². The first-order valence-corrected chi connectivity index (χ1v) is 7.05. The summed E-state index contributed by atoms with van der Waals surface area (Å²) in [5, 5.41) is 0. The van der Waals surface area contributed by atoms with Crippen LogP contribution < -0.4 is 19.6 Å². The lowest BCUT2D eigenvalue weighted by Gasteiger charge is -2.39. The second-order valence-corrected chi connectivity index (χ2v) is 6.33. The van der Waals surface area contributed by atoms with Gasteiger partial charge < -0.3 is 28.7 Å². The third kappa shape index (κ3) is 3.84. The second-order valence-electron chi connectivity index (χ2n) is 3.13. The van der Waals surface area contributed by atoms with Crippen molar-refractivity contribution >= 4 is 21.0 Å². The Hall–Kier alpha value is -0.310. The molecule has 0 rings (SSSR count). The Morgan fingerprint density at radius 2 is 1.33 bits per heavy atom. The van der Waals surface area contributed by atoms with Crippen LogP contribution in [-0.2, 0) is 13.9 Å². The lowest BCUT2D eigenvalue weighted by Crippen LogP contribution is -2.40. The zero-order chi connectivity index (χ0) is 15.0. The topological polar surface area (TPSA) is 143 Å². The van der Waals surface area contributed by atoms with Gasteiger partial charge in [-0.2, -0.15) is 8.78 Å². The minimum atomic E-state index is -6.70. The van der Waals surface area contributed by atoms with Crippen molar-refractivity contribution in [2.24, 2.45) is 0 Å². The number of rotatable bonds is 6. The van der Waals surface area contributed by atoms with Crippen molar-refractivity contribution in [2.45, 2.75) is 24.2 Å². The van der Waals surface area contributed by atoms with Gasteiger partial charge in [-0.05, 0) is 0 Å². The van der Waals surface area contributed by atoms with Crippen LogP contribution in [0.2, 0.25) is 0 Å². The molecule has 0 aliphatic heterocycles. The first-order valence-electron chi connectivity index (χ1n) is 3.96. The summed E-state index contributed by atoms with van der Waals surface area (Å²) in [6, 6.07) is 0. The first-order chi connectivity index (χ1) is 7.63. The highest BCUT2D eigenvalue weighted by molar-refractivity contribution is 7.51.